The summed E-state index contributed by atoms with van der Waals surface area (Å²) in [5.41, 5.74) is 0. The standard InChI is InChI=1S/C13H21NO2/c1-8(14-9(2)13(15)16-3)12-7-10-4-5-11(12)6-10/h4-5,8-12,14H,6-7H2,1-3H3. The van der Waals surface area contributed by atoms with Crippen LogP contribution in [-0.4, -0.2) is 25.2 Å². The smallest absolute Gasteiger partial charge is 0.322 e. The van der Waals surface area contributed by atoms with Gasteiger partial charge in [0, 0.05) is 6.04 Å². The first kappa shape index (κ1) is 11.6. The summed E-state index contributed by atoms with van der Waals surface area (Å²) in [6, 6.07) is 0.178. The number of ether oxygens (including phenoxy) is 1. The molecule has 0 heterocycles. The van der Waals surface area contributed by atoms with Crippen molar-refractivity contribution in [2.24, 2.45) is 17.8 Å². The first-order valence-corrected chi connectivity index (χ1v) is 6.14. The van der Waals surface area contributed by atoms with Gasteiger partial charge in [0.2, 0.25) is 0 Å². The van der Waals surface area contributed by atoms with Crippen LogP contribution in [0.3, 0.4) is 0 Å². The minimum absolute atomic E-state index is 0.175. The van der Waals surface area contributed by atoms with Gasteiger partial charge in [-0.2, -0.15) is 0 Å². The first-order chi connectivity index (χ1) is 7.61. The molecule has 0 amide bonds. The second kappa shape index (κ2) is 4.58. The van der Waals surface area contributed by atoms with E-state index in [2.05, 4.69) is 24.4 Å². The van der Waals surface area contributed by atoms with E-state index < -0.39 is 0 Å². The van der Waals surface area contributed by atoms with Gasteiger partial charge in [0.15, 0.2) is 0 Å². The Balaban J connectivity index is 1.86. The molecule has 0 spiro atoms. The predicted molar refractivity (Wildman–Crippen MR) is 62.9 cm³/mol. The van der Waals surface area contributed by atoms with Gasteiger partial charge in [-0.1, -0.05) is 12.2 Å². The summed E-state index contributed by atoms with van der Waals surface area (Å²) in [6.07, 6.45) is 7.27. The van der Waals surface area contributed by atoms with Crippen LogP contribution in [-0.2, 0) is 9.53 Å². The van der Waals surface area contributed by atoms with Crippen LogP contribution in [0.25, 0.3) is 0 Å². The average Bonchev–Trinajstić information content (AvgIpc) is 2.89. The van der Waals surface area contributed by atoms with Gasteiger partial charge in [0.05, 0.1) is 7.11 Å². The molecule has 0 aromatic rings. The maximum Gasteiger partial charge on any atom is 0.322 e. The van der Waals surface area contributed by atoms with Gasteiger partial charge in [-0.05, 0) is 44.4 Å². The molecule has 2 aliphatic carbocycles. The Hall–Kier alpha value is -0.830. The van der Waals surface area contributed by atoms with Crippen LogP contribution in [0.4, 0.5) is 0 Å². The van der Waals surface area contributed by atoms with Crippen molar-refractivity contribution in [3.63, 3.8) is 0 Å². The molecular weight excluding hydrogens is 202 g/mol. The maximum atomic E-state index is 11.3. The number of hydrogen-bond acceptors (Lipinski definition) is 3. The zero-order valence-corrected chi connectivity index (χ0v) is 10.3. The molecule has 3 nitrogen and oxygen atoms in total. The van der Waals surface area contributed by atoms with E-state index in [0.717, 1.165) is 11.8 Å². The first-order valence-electron chi connectivity index (χ1n) is 6.14. The van der Waals surface area contributed by atoms with Crippen molar-refractivity contribution in [1.29, 1.82) is 0 Å². The number of nitrogens with one attached hydrogen (secondary N) is 1. The van der Waals surface area contributed by atoms with Gasteiger partial charge in [0.25, 0.3) is 0 Å². The maximum absolute atomic E-state index is 11.3. The van der Waals surface area contributed by atoms with Gasteiger partial charge in [0.1, 0.15) is 6.04 Å². The number of esters is 1. The monoisotopic (exact) mass is 223 g/mol. The van der Waals surface area contributed by atoms with E-state index in [9.17, 15) is 4.79 Å². The second-order valence-corrected chi connectivity index (χ2v) is 5.14. The molecule has 1 N–H and O–H groups in total. The highest BCUT2D eigenvalue weighted by atomic mass is 16.5. The SMILES string of the molecule is COC(=O)C(C)NC(C)C1CC2C=CC1C2. The van der Waals surface area contributed by atoms with Gasteiger partial charge in [-0.3, -0.25) is 4.79 Å². The zero-order valence-electron chi connectivity index (χ0n) is 10.3. The number of allylic oxidation sites excluding steroid dienone is 2. The van der Waals surface area contributed by atoms with Crippen LogP contribution in [0.2, 0.25) is 0 Å². The van der Waals surface area contributed by atoms with Crippen LogP contribution in [0.15, 0.2) is 12.2 Å². The summed E-state index contributed by atoms with van der Waals surface area (Å²) in [7, 11) is 1.44. The number of fused-ring (bicyclic) bond motifs is 2. The minimum Gasteiger partial charge on any atom is -0.468 e. The summed E-state index contributed by atoms with van der Waals surface area (Å²) in [5.74, 6) is 2.01. The third kappa shape index (κ3) is 2.14. The van der Waals surface area contributed by atoms with Crippen molar-refractivity contribution in [3.05, 3.63) is 12.2 Å². The van der Waals surface area contributed by atoms with Crippen LogP contribution >= 0.6 is 0 Å². The molecule has 90 valence electrons. The number of hydrogen-bond donors (Lipinski definition) is 1. The van der Waals surface area contributed by atoms with Crippen molar-refractivity contribution in [2.45, 2.75) is 38.8 Å². The Morgan fingerprint density at radius 3 is 2.62 bits per heavy atom. The third-order valence-electron chi connectivity index (χ3n) is 4.04. The van der Waals surface area contributed by atoms with Crippen LogP contribution in [0.1, 0.15) is 26.7 Å². The lowest BCUT2D eigenvalue weighted by Gasteiger charge is -2.28. The Labute approximate surface area is 97.2 Å². The fourth-order valence-corrected chi connectivity index (χ4v) is 3.16. The molecule has 0 radical (unpaired) electrons. The quantitative estimate of drug-likeness (QED) is 0.583. The Kier molecular flexibility index (Phi) is 3.33. The van der Waals surface area contributed by atoms with Crippen LogP contribution in [0, 0.1) is 17.8 Å². The molecule has 2 rings (SSSR count). The fourth-order valence-electron chi connectivity index (χ4n) is 3.16. The van der Waals surface area contributed by atoms with E-state index in [0.29, 0.717) is 12.0 Å². The summed E-state index contributed by atoms with van der Waals surface area (Å²) in [4.78, 5) is 11.3. The Morgan fingerprint density at radius 2 is 2.12 bits per heavy atom. The van der Waals surface area contributed by atoms with E-state index in [-0.39, 0.29) is 12.0 Å². The summed E-state index contributed by atoms with van der Waals surface area (Å²) < 4.78 is 4.72. The summed E-state index contributed by atoms with van der Waals surface area (Å²) in [5, 5.41) is 3.35. The number of carbonyl (C=O) groups excluding carboxylic acids is 1. The average molecular weight is 223 g/mol. The number of rotatable bonds is 4. The number of methoxy groups -OCH3 is 1. The molecule has 0 aromatic carbocycles. The molecular formula is C13H21NO2. The fraction of sp³-hybridized carbons (Fsp3) is 0.769. The largest absolute Gasteiger partial charge is 0.468 e. The van der Waals surface area contributed by atoms with Gasteiger partial charge in [-0.25, -0.2) is 0 Å². The highest BCUT2D eigenvalue weighted by Crippen LogP contribution is 2.44. The van der Waals surface area contributed by atoms with E-state index in [1.807, 2.05) is 6.92 Å². The molecule has 3 heteroatoms. The van der Waals surface area contributed by atoms with Crippen LogP contribution < -0.4 is 5.32 Å². The van der Waals surface area contributed by atoms with Crippen molar-refractivity contribution in [1.82, 2.24) is 5.32 Å². The van der Waals surface area contributed by atoms with Crippen molar-refractivity contribution < 1.29 is 9.53 Å². The van der Waals surface area contributed by atoms with Crippen LogP contribution in [0.5, 0.6) is 0 Å². The highest BCUT2D eigenvalue weighted by molar-refractivity contribution is 5.75. The van der Waals surface area contributed by atoms with E-state index in [1.54, 1.807) is 0 Å². The second-order valence-electron chi connectivity index (χ2n) is 5.14. The molecule has 1 fully saturated rings. The lowest BCUT2D eigenvalue weighted by atomic mass is 9.87. The van der Waals surface area contributed by atoms with Gasteiger partial charge < -0.3 is 10.1 Å². The van der Waals surface area contributed by atoms with E-state index in [4.69, 9.17) is 4.74 Å². The lowest BCUT2D eigenvalue weighted by Crippen LogP contribution is -2.44. The topological polar surface area (TPSA) is 38.3 Å². The normalized spacial score (nSPS) is 35.1. The minimum atomic E-state index is -0.205. The summed E-state index contributed by atoms with van der Waals surface area (Å²) >= 11 is 0. The van der Waals surface area contributed by atoms with Gasteiger partial charge in [-0.15, -0.1) is 0 Å². The molecule has 0 saturated heterocycles. The highest BCUT2D eigenvalue weighted by Gasteiger charge is 2.38. The molecule has 2 aliphatic rings. The van der Waals surface area contributed by atoms with E-state index >= 15 is 0 Å². The molecule has 2 bridgehead atoms. The zero-order chi connectivity index (χ0) is 11.7. The molecule has 5 atom stereocenters. The number of carbonyl (C=O) groups is 1. The third-order valence-corrected chi connectivity index (χ3v) is 4.04. The van der Waals surface area contributed by atoms with Crippen molar-refractivity contribution in [2.75, 3.05) is 7.11 Å². The molecule has 0 aromatic heterocycles. The summed E-state index contributed by atoms with van der Waals surface area (Å²) in [6.45, 7) is 4.05. The predicted octanol–water partition coefficient (Wildman–Crippen LogP) is 1.74. The Bertz CT molecular complexity index is 300. The molecule has 16 heavy (non-hydrogen) atoms. The molecule has 1 saturated carbocycles. The van der Waals surface area contributed by atoms with Crippen molar-refractivity contribution in [3.8, 4) is 0 Å². The molecule has 0 aliphatic heterocycles. The van der Waals surface area contributed by atoms with Crippen molar-refractivity contribution >= 4 is 5.97 Å². The Morgan fingerprint density at radius 1 is 1.38 bits per heavy atom. The molecule has 5 unspecified atom stereocenters. The van der Waals surface area contributed by atoms with Gasteiger partial charge >= 0.3 is 5.97 Å². The lowest BCUT2D eigenvalue weighted by molar-refractivity contribution is -0.142. The van der Waals surface area contributed by atoms with E-state index in [1.165, 1.54) is 20.0 Å².